The third-order valence-electron chi connectivity index (χ3n) is 2.65. The van der Waals surface area contributed by atoms with Gasteiger partial charge < -0.3 is 4.74 Å². The van der Waals surface area contributed by atoms with Gasteiger partial charge in [0.1, 0.15) is 5.92 Å². The van der Waals surface area contributed by atoms with Crippen LogP contribution in [-0.2, 0) is 14.3 Å². The Morgan fingerprint density at radius 1 is 1.12 bits per heavy atom. The zero-order chi connectivity index (χ0) is 11.5. The van der Waals surface area contributed by atoms with Gasteiger partial charge in [-0.2, -0.15) is 0 Å². The number of morpholine rings is 1. The average molecular weight is 227 g/mol. The molecular weight excluding hydrogens is 214 g/mol. The maximum Gasteiger partial charge on any atom is 0.328 e. The highest BCUT2D eigenvalue weighted by Gasteiger charge is 2.35. The van der Waals surface area contributed by atoms with E-state index in [-0.39, 0.29) is 0 Å². The van der Waals surface area contributed by atoms with Crippen LogP contribution in [0, 0.1) is 5.92 Å². The molecule has 2 aliphatic rings. The molecule has 2 saturated heterocycles. The summed E-state index contributed by atoms with van der Waals surface area (Å²) < 4.78 is 5.16. The van der Waals surface area contributed by atoms with Crippen molar-refractivity contribution in [2.75, 3.05) is 32.8 Å². The molecule has 0 aliphatic carbocycles. The quantitative estimate of drug-likeness (QED) is 0.549. The maximum atomic E-state index is 11.4. The third-order valence-corrected chi connectivity index (χ3v) is 2.65. The van der Waals surface area contributed by atoms with Crippen molar-refractivity contribution in [1.29, 1.82) is 0 Å². The topological polar surface area (TPSA) is 87.7 Å². The molecule has 0 bridgehead atoms. The molecule has 2 aliphatic heterocycles. The smallest absolute Gasteiger partial charge is 0.328 e. The molecule has 0 atom stereocenters. The van der Waals surface area contributed by atoms with Crippen molar-refractivity contribution in [2.45, 2.75) is 0 Å². The monoisotopic (exact) mass is 227 g/mol. The van der Waals surface area contributed by atoms with Gasteiger partial charge in [-0.1, -0.05) is 0 Å². The number of amides is 4. The minimum atomic E-state index is -0.809. The van der Waals surface area contributed by atoms with Crippen LogP contribution in [0.4, 0.5) is 4.79 Å². The van der Waals surface area contributed by atoms with E-state index in [9.17, 15) is 14.4 Å². The molecule has 2 N–H and O–H groups in total. The Morgan fingerprint density at radius 2 is 1.69 bits per heavy atom. The van der Waals surface area contributed by atoms with Crippen LogP contribution < -0.4 is 10.6 Å². The molecule has 2 heterocycles. The summed E-state index contributed by atoms with van der Waals surface area (Å²) >= 11 is 0. The molecule has 4 amide bonds. The first kappa shape index (κ1) is 11.0. The van der Waals surface area contributed by atoms with E-state index >= 15 is 0 Å². The summed E-state index contributed by atoms with van der Waals surface area (Å²) in [6.45, 7) is 2.94. The van der Waals surface area contributed by atoms with Gasteiger partial charge in [0.15, 0.2) is 0 Å². The first-order chi connectivity index (χ1) is 7.66. The van der Waals surface area contributed by atoms with Gasteiger partial charge >= 0.3 is 6.03 Å². The molecular formula is C9H13N3O4. The summed E-state index contributed by atoms with van der Waals surface area (Å²) in [4.78, 5) is 35.7. The standard InChI is InChI=1S/C9H13N3O4/c13-7-6(8(14)11-9(15)10-7)5-12-1-3-16-4-2-12/h6H,1-5H2,(H2,10,11,13,14,15). The molecule has 0 spiro atoms. The SMILES string of the molecule is O=C1NC(=O)C(CN2CCOCC2)C(=O)N1. The Balaban J connectivity index is 1.94. The van der Waals surface area contributed by atoms with Crippen LogP contribution >= 0.6 is 0 Å². The number of carbonyl (C=O) groups is 3. The number of nitrogens with one attached hydrogen (secondary N) is 2. The number of hydrogen-bond donors (Lipinski definition) is 2. The van der Waals surface area contributed by atoms with E-state index in [4.69, 9.17) is 4.74 Å². The Hall–Kier alpha value is -1.47. The molecule has 88 valence electrons. The number of hydrogen-bond acceptors (Lipinski definition) is 5. The molecule has 0 aromatic carbocycles. The Morgan fingerprint density at radius 3 is 2.25 bits per heavy atom. The number of nitrogens with zero attached hydrogens (tertiary/aromatic N) is 1. The fraction of sp³-hybridized carbons (Fsp3) is 0.667. The van der Waals surface area contributed by atoms with Crippen LogP contribution in [0.2, 0.25) is 0 Å². The number of urea groups is 1. The molecule has 2 rings (SSSR count). The van der Waals surface area contributed by atoms with Crippen molar-refractivity contribution < 1.29 is 19.1 Å². The lowest BCUT2D eigenvalue weighted by molar-refractivity contribution is -0.137. The van der Waals surface area contributed by atoms with Crippen LogP contribution in [0.15, 0.2) is 0 Å². The Labute approximate surface area is 92.1 Å². The molecule has 7 heteroatoms. The van der Waals surface area contributed by atoms with Crippen LogP contribution in [0.5, 0.6) is 0 Å². The lowest BCUT2D eigenvalue weighted by atomic mass is 10.1. The third kappa shape index (κ3) is 2.37. The van der Waals surface area contributed by atoms with Crippen LogP contribution in [-0.4, -0.2) is 55.6 Å². The van der Waals surface area contributed by atoms with Crippen molar-refractivity contribution in [2.24, 2.45) is 5.92 Å². The van der Waals surface area contributed by atoms with Gasteiger partial charge in [0.25, 0.3) is 0 Å². The largest absolute Gasteiger partial charge is 0.379 e. The van der Waals surface area contributed by atoms with Gasteiger partial charge in [0, 0.05) is 19.6 Å². The highest BCUT2D eigenvalue weighted by Crippen LogP contribution is 2.07. The second-order valence-electron chi connectivity index (χ2n) is 3.77. The van der Waals surface area contributed by atoms with Crippen LogP contribution in [0.25, 0.3) is 0 Å². The average Bonchev–Trinajstić information content (AvgIpc) is 2.25. The molecule has 7 nitrogen and oxygen atoms in total. The van der Waals surface area contributed by atoms with Gasteiger partial charge in [0.2, 0.25) is 11.8 Å². The van der Waals surface area contributed by atoms with E-state index in [1.807, 2.05) is 4.90 Å². The van der Waals surface area contributed by atoms with E-state index in [1.54, 1.807) is 0 Å². The molecule has 0 saturated carbocycles. The first-order valence-corrected chi connectivity index (χ1v) is 5.12. The van der Waals surface area contributed by atoms with E-state index in [2.05, 4.69) is 10.6 Å². The molecule has 0 radical (unpaired) electrons. The zero-order valence-corrected chi connectivity index (χ0v) is 8.69. The number of imide groups is 2. The molecule has 0 aromatic rings. The fourth-order valence-corrected chi connectivity index (χ4v) is 1.76. The first-order valence-electron chi connectivity index (χ1n) is 5.12. The van der Waals surface area contributed by atoms with Gasteiger partial charge in [-0.25, -0.2) is 4.79 Å². The normalized spacial score (nSPS) is 24.1. The second-order valence-corrected chi connectivity index (χ2v) is 3.77. The van der Waals surface area contributed by atoms with Crippen LogP contribution in [0.3, 0.4) is 0 Å². The van der Waals surface area contributed by atoms with Gasteiger partial charge in [-0.3, -0.25) is 25.1 Å². The lowest BCUT2D eigenvalue weighted by Crippen LogP contribution is -2.58. The summed E-state index contributed by atoms with van der Waals surface area (Å²) in [5, 5.41) is 4.16. The molecule has 16 heavy (non-hydrogen) atoms. The second kappa shape index (κ2) is 4.58. The molecule has 0 unspecified atom stereocenters. The molecule has 2 fully saturated rings. The zero-order valence-electron chi connectivity index (χ0n) is 8.69. The fourth-order valence-electron chi connectivity index (χ4n) is 1.76. The Bertz CT molecular complexity index is 305. The highest BCUT2D eigenvalue weighted by atomic mass is 16.5. The highest BCUT2D eigenvalue weighted by molar-refractivity contribution is 6.16. The number of barbiturate groups is 1. The summed E-state index contributed by atoms with van der Waals surface area (Å²) in [6.07, 6.45) is 0. The summed E-state index contributed by atoms with van der Waals surface area (Å²) in [5.41, 5.74) is 0. The summed E-state index contributed by atoms with van der Waals surface area (Å²) in [7, 11) is 0. The number of rotatable bonds is 2. The van der Waals surface area contributed by atoms with E-state index in [0.29, 0.717) is 32.8 Å². The van der Waals surface area contributed by atoms with Crippen molar-refractivity contribution in [3.05, 3.63) is 0 Å². The van der Waals surface area contributed by atoms with E-state index in [0.717, 1.165) is 0 Å². The van der Waals surface area contributed by atoms with Crippen molar-refractivity contribution in [1.82, 2.24) is 15.5 Å². The van der Waals surface area contributed by atoms with Crippen molar-refractivity contribution >= 4 is 17.8 Å². The number of carbonyl (C=O) groups excluding carboxylic acids is 3. The van der Waals surface area contributed by atoms with Gasteiger partial charge in [-0.15, -0.1) is 0 Å². The van der Waals surface area contributed by atoms with E-state index in [1.165, 1.54) is 0 Å². The Kier molecular flexibility index (Phi) is 3.16. The molecule has 0 aromatic heterocycles. The van der Waals surface area contributed by atoms with Crippen molar-refractivity contribution in [3.63, 3.8) is 0 Å². The lowest BCUT2D eigenvalue weighted by Gasteiger charge is -2.30. The van der Waals surface area contributed by atoms with Crippen molar-refractivity contribution in [3.8, 4) is 0 Å². The minimum absolute atomic E-state index is 0.328. The number of ether oxygens (including phenoxy) is 1. The van der Waals surface area contributed by atoms with Crippen LogP contribution in [0.1, 0.15) is 0 Å². The predicted molar refractivity (Wildman–Crippen MR) is 52.4 cm³/mol. The predicted octanol–water partition coefficient (Wildman–Crippen LogP) is -1.70. The summed E-state index contributed by atoms with van der Waals surface area (Å²) in [5.74, 6) is -1.86. The summed E-state index contributed by atoms with van der Waals surface area (Å²) in [6, 6.07) is -0.742. The van der Waals surface area contributed by atoms with E-state index < -0.39 is 23.8 Å². The maximum absolute atomic E-state index is 11.4. The van der Waals surface area contributed by atoms with Gasteiger partial charge in [0.05, 0.1) is 13.2 Å². The van der Waals surface area contributed by atoms with Gasteiger partial charge in [-0.05, 0) is 0 Å². The minimum Gasteiger partial charge on any atom is -0.379 e.